The van der Waals surface area contributed by atoms with E-state index in [9.17, 15) is 10.1 Å². The van der Waals surface area contributed by atoms with E-state index in [0.717, 1.165) is 12.0 Å². The number of hydrogen-bond acceptors (Lipinski definition) is 3. The van der Waals surface area contributed by atoms with Gasteiger partial charge in [0.25, 0.3) is 5.96 Å². The summed E-state index contributed by atoms with van der Waals surface area (Å²) < 4.78 is 5.78. The van der Waals surface area contributed by atoms with Gasteiger partial charge in [-0.1, -0.05) is 29.8 Å². The van der Waals surface area contributed by atoms with Gasteiger partial charge in [0.1, 0.15) is 5.10 Å². The average molecular weight is 379 g/mol. The Kier molecular flexibility index (Phi) is 5.48. The van der Waals surface area contributed by atoms with Gasteiger partial charge in [-0.15, -0.1) is 0 Å². The summed E-state index contributed by atoms with van der Waals surface area (Å²) in [4.78, 5) is 14.8. The minimum Gasteiger partial charge on any atom is -0.375 e. The van der Waals surface area contributed by atoms with Crippen molar-refractivity contribution in [3.63, 3.8) is 0 Å². The lowest BCUT2D eigenvalue weighted by Crippen LogP contribution is -2.35. The topological polar surface area (TPSA) is 71.2 Å². The molecule has 140 valence electrons. The quantitative estimate of drug-likeness (QED) is 0.580. The maximum Gasteiger partial charge on any atom is 0.278 e. The summed E-state index contributed by atoms with van der Waals surface area (Å²) in [5.74, 6) is 0.706. The molecule has 2 aliphatic rings. The molecule has 0 amide bonds. The Morgan fingerprint density at radius 3 is 2.85 bits per heavy atom. The van der Waals surface area contributed by atoms with E-state index in [1.54, 1.807) is 11.1 Å². The molecule has 2 fully saturated rings. The van der Waals surface area contributed by atoms with E-state index >= 15 is 0 Å². The van der Waals surface area contributed by atoms with Crippen LogP contribution in [0.4, 0.5) is 0 Å². The summed E-state index contributed by atoms with van der Waals surface area (Å²) in [6, 6.07) is 7.47. The number of hydrogen-bond donors (Lipinski definition) is 0. The fraction of sp³-hybridized carbons (Fsp3) is 0.500. The van der Waals surface area contributed by atoms with Gasteiger partial charge in [0.15, 0.2) is 5.03 Å². The van der Waals surface area contributed by atoms with Crippen LogP contribution >= 0.6 is 11.6 Å². The van der Waals surface area contributed by atoms with Crippen molar-refractivity contribution in [2.24, 2.45) is 11.0 Å². The van der Waals surface area contributed by atoms with E-state index in [-0.39, 0.29) is 5.60 Å². The summed E-state index contributed by atoms with van der Waals surface area (Å²) >= 11 is 6.17. The highest BCUT2D eigenvalue weighted by molar-refractivity contribution is 6.32. The molecular formula is C18H23ClN4O3. The zero-order chi connectivity index (χ0) is 18.7. The van der Waals surface area contributed by atoms with Crippen LogP contribution in [-0.4, -0.2) is 52.6 Å². The van der Waals surface area contributed by atoms with E-state index in [4.69, 9.17) is 16.3 Å². The smallest absolute Gasteiger partial charge is 0.278 e. The van der Waals surface area contributed by atoms with Crippen LogP contribution in [0.1, 0.15) is 25.8 Å². The van der Waals surface area contributed by atoms with Crippen molar-refractivity contribution in [2.45, 2.75) is 25.9 Å². The molecule has 1 aromatic rings. The Morgan fingerprint density at radius 1 is 1.42 bits per heavy atom. The Labute approximate surface area is 158 Å². The zero-order valence-electron chi connectivity index (χ0n) is 15.0. The highest BCUT2D eigenvalue weighted by Crippen LogP contribution is 2.30. The fourth-order valence-electron chi connectivity index (χ4n) is 3.48. The van der Waals surface area contributed by atoms with Gasteiger partial charge in [0, 0.05) is 36.8 Å². The third-order valence-electron chi connectivity index (χ3n) is 4.63. The minimum atomic E-state index is -0.640. The van der Waals surface area contributed by atoms with Crippen LogP contribution in [0.25, 0.3) is 6.08 Å². The summed E-state index contributed by atoms with van der Waals surface area (Å²) in [5.41, 5.74) is 0.730. The minimum absolute atomic E-state index is 0.131. The summed E-state index contributed by atoms with van der Waals surface area (Å²) in [6.07, 6.45) is 4.59. The monoisotopic (exact) mass is 378 g/mol. The first kappa shape index (κ1) is 18.7. The molecule has 2 aliphatic heterocycles. The van der Waals surface area contributed by atoms with Crippen molar-refractivity contribution in [1.82, 2.24) is 9.80 Å². The SMILES string of the molecule is CC1(C)CC(CN2CCN(C=Cc3ccccc3Cl)C2=N[N+](=O)[O-])CO1. The second-order valence-corrected chi connectivity index (χ2v) is 7.66. The highest BCUT2D eigenvalue weighted by Gasteiger charge is 2.36. The second kappa shape index (κ2) is 7.63. The number of halogens is 1. The molecule has 26 heavy (non-hydrogen) atoms. The molecule has 8 heteroatoms. The maximum absolute atomic E-state index is 11.0. The highest BCUT2D eigenvalue weighted by atomic mass is 35.5. The Bertz CT molecular complexity index is 735. The number of guanidine groups is 1. The zero-order valence-corrected chi connectivity index (χ0v) is 15.7. The Balaban J connectivity index is 1.73. The lowest BCUT2D eigenvalue weighted by Gasteiger charge is -2.22. The van der Waals surface area contributed by atoms with Gasteiger partial charge in [0.2, 0.25) is 0 Å². The molecule has 0 aliphatic carbocycles. The summed E-state index contributed by atoms with van der Waals surface area (Å²) in [7, 11) is 0. The molecule has 3 rings (SSSR count). The number of ether oxygens (including phenoxy) is 1. The lowest BCUT2D eigenvalue weighted by molar-refractivity contribution is -0.486. The Morgan fingerprint density at radius 2 is 2.19 bits per heavy atom. The van der Waals surface area contributed by atoms with Crippen LogP contribution in [0.2, 0.25) is 5.02 Å². The van der Waals surface area contributed by atoms with Crippen LogP contribution in [0.5, 0.6) is 0 Å². The number of rotatable bonds is 5. The molecule has 0 radical (unpaired) electrons. The molecule has 0 saturated carbocycles. The number of benzene rings is 1. The van der Waals surface area contributed by atoms with Gasteiger partial charge in [0.05, 0.1) is 12.2 Å². The van der Waals surface area contributed by atoms with Crippen LogP contribution in [0.3, 0.4) is 0 Å². The maximum atomic E-state index is 11.0. The fourth-order valence-corrected chi connectivity index (χ4v) is 3.68. The van der Waals surface area contributed by atoms with E-state index in [0.29, 0.717) is 43.1 Å². The number of nitro groups is 1. The second-order valence-electron chi connectivity index (χ2n) is 7.26. The normalized spacial score (nSPS) is 24.1. The number of nitrogens with zero attached hydrogens (tertiary/aromatic N) is 4. The van der Waals surface area contributed by atoms with Gasteiger partial charge in [-0.3, -0.25) is 0 Å². The third kappa shape index (κ3) is 4.53. The van der Waals surface area contributed by atoms with E-state index in [1.165, 1.54) is 0 Å². The molecule has 0 aromatic heterocycles. The van der Waals surface area contributed by atoms with Crippen LogP contribution in [0, 0.1) is 16.0 Å². The Hall–Kier alpha value is -2.12. The summed E-state index contributed by atoms with van der Waals surface area (Å²) in [6.45, 7) is 6.85. The molecule has 0 bridgehead atoms. The van der Waals surface area contributed by atoms with Crippen molar-refractivity contribution in [3.8, 4) is 0 Å². The van der Waals surface area contributed by atoms with Gasteiger partial charge >= 0.3 is 0 Å². The largest absolute Gasteiger partial charge is 0.375 e. The molecule has 0 N–H and O–H groups in total. The van der Waals surface area contributed by atoms with E-state index in [1.807, 2.05) is 35.2 Å². The molecule has 2 heterocycles. The molecule has 2 saturated heterocycles. The third-order valence-corrected chi connectivity index (χ3v) is 4.97. The van der Waals surface area contributed by atoms with Crippen molar-refractivity contribution in [1.29, 1.82) is 0 Å². The molecule has 1 aromatic carbocycles. The predicted octanol–water partition coefficient (Wildman–Crippen LogP) is 3.29. The standard InChI is InChI=1S/C18H23ClN4O3/c1-18(2)11-14(13-26-18)12-22-10-9-21(17(22)20-23(24)25)8-7-15-5-3-4-6-16(15)19/h3-8,14H,9-13H2,1-2H3. The lowest BCUT2D eigenvalue weighted by atomic mass is 9.97. The molecule has 1 unspecified atom stereocenters. The summed E-state index contributed by atoms with van der Waals surface area (Å²) in [5, 5.41) is 14.6. The molecule has 1 atom stereocenters. The van der Waals surface area contributed by atoms with Crippen LogP contribution in [0.15, 0.2) is 35.6 Å². The average Bonchev–Trinajstić information content (AvgIpc) is 3.10. The molecule has 0 spiro atoms. The van der Waals surface area contributed by atoms with Gasteiger partial charge in [-0.25, -0.2) is 10.1 Å². The van der Waals surface area contributed by atoms with Crippen molar-refractivity contribution < 1.29 is 9.77 Å². The first-order valence-corrected chi connectivity index (χ1v) is 9.03. The molecular weight excluding hydrogens is 356 g/mol. The van der Waals surface area contributed by atoms with Crippen molar-refractivity contribution in [3.05, 3.63) is 51.2 Å². The van der Waals surface area contributed by atoms with Gasteiger partial charge < -0.3 is 14.5 Å². The number of hydrazone groups is 1. The van der Waals surface area contributed by atoms with E-state index < -0.39 is 5.03 Å². The van der Waals surface area contributed by atoms with Crippen molar-refractivity contribution >= 4 is 23.6 Å². The van der Waals surface area contributed by atoms with Gasteiger partial charge in [-0.05, 0) is 38.0 Å². The van der Waals surface area contributed by atoms with E-state index in [2.05, 4.69) is 18.9 Å². The van der Waals surface area contributed by atoms with Gasteiger partial charge in [-0.2, -0.15) is 0 Å². The first-order chi connectivity index (χ1) is 12.3. The first-order valence-electron chi connectivity index (χ1n) is 8.65. The molecule has 7 nitrogen and oxygen atoms in total. The predicted molar refractivity (Wildman–Crippen MR) is 101 cm³/mol. The van der Waals surface area contributed by atoms with Crippen LogP contribution < -0.4 is 0 Å². The van der Waals surface area contributed by atoms with Crippen LogP contribution in [-0.2, 0) is 4.74 Å². The van der Waals surface area contributed by atoms with Crippen molar-refractivity contribution in [2.75, 3.05) is 26.2 Å².